The van der Waals surface area contributed by atoms with Gasteiger partial charge in [0, 0.05) is 19.9 Å². The number of thioether (sulfide) groups is 2. The monoisotopic (exact) mass is 886 g/mol. The summed E-state index contributed by atoms with van der Waals surface area (Å²) in [5.74, 6) is -3.61. The van der Waals surface area contributed by atoms with Crippen LogP contribution in [0, 0.1) is 11.8 Å². The lowest BCUT2D eigenvalue weighted by molar-refractivity contribution is -0.159. The molecule has 0 bridgehead atoms. The van der Waals surface area contributed by atoms with E-state index in [0.717, 1.165) is 50.0 Å². The van der Waals surface area contributed by atoms with Crippen LogP contribution in [-0.4, -0.2) is 111 Å². The molecule has 15 nitrogen and oxygen atoms in total. The molecule has 1 aliphatic carbocycles. The average Bonchev–Trinajstić information content (AvgIpc) is 3.58. The Morgan fingerprint density at radius 1 is 0.869 bits per heavy atom. The molecule has 0 aromatic heterocycles. The van der Waals surface area contributed by atoms with Gasteiger partial charge in [0.2, 0.25) is 35.3 Å². The van der Waals surface area contributed by atoms with Crippen LogP contribution in [0.3, 0.4) is 0 Å². The number of rotatable bonds is 18. The summed E-state index contributed by atoms with van der Waals surface area (Å²) in [6.45, 7) is 11.8. The molecule has 5 unspecified atom stereocenters. The van der Waals surface area contributed by atoms with E-state index in [1.54, 1.807) is 86.5 Å². The van der Waals surface area contributed by atoms with Crippen LogP contribution in [-0.2, 0) is 43.1 Å². The molecule has 1 aromatic carbocycles. The third kappa shape index (κ3) is 14.7. The normalized spacial score (nSPS) is 19.8. The first kappa shape index (κ1) is 49.5. The summed E-state index contributed by atoms with van der Waals surface area (Å²) in [4.78, 5) is 110. The summed E-state index contributed by atoms with van der Waals surface area (Å²) in [7, 11) is 0. The third-order valence-corrected chi connectivity index (χ3v) is 14.2. The number of ether oxygens (including phenoxy) is 1. The highest BCUT2D eigenvalue weighted by atomic mass is 32.2. The standard InChI is InChI=1S/C44H66N6O9S2/c1-8-16-31(37(53)40(56)45-25-34(52)48-36(30-19-13-10-14-20-30)42(58)59-43(5,6)7)47-39(55)33-24-44(60-21-15-22-61-44)26-50(33)41(57)35(29-17-11-9-12-18-29)49-38(54)32(23-27(2)3)46-28(4)51/h10,13-14,19-20,27,29,31-33,35-36H,8-9,11-12,15-18,21-26H2,1-7H3,(H,45,56)(H,46,51)(H,47,55)(H,48,52)(H,49,54). The Hall–Kier alpha value is -4.12. The van der Waals surface area contributed by atoms with E-state index in [1.807, 2.05) is 13.8 Å². The summed E-state index contributed by atoms with van der Waals surface area (Å²) < 4.78 is 5.04. The number of nitrogens with one attached hydrogen (secondary N) is 5. The van der Waals surface area contributed by atoms with E-state index in [2.05, 4.69) is 26.6 Å². The Labute approximate surface area is 368 Å². The first-order chi connectivity index (χ1) is 28.8. The second-order valence-corrected chi connectivity index (χ2v) is 21.0. The van der Waals surface area contributed by atoms with E-state index in [9.17, 15) is 38.4 Å². The van der Waals surface area contributed by atoms with Crippen molar-refractivity contribution in [3.8, 4) is 0 Å². The smallest absolute Gasteiger partial charge is 0.333 e. The minimum Gasteiger partial charge on any atom is -0.458 e. The number of Topliss-reactive ketones (excluding diaryl/α,β-unsaturated/α-hetero) is 1. The largest absolute Gasteiger partial charge is 0.458 e. The molecular weight excluding hydrogens is 821 g/mol. The number of carbonyl (C=O) groups excluding carboxylic acids is 8. The number of amides is 6. The van der Waals surface area contributed by atoms with Crippen molar-refractivity contribution in [1.29, 1.82) is 0 Å². The number of esters is 1. The van der Waals surface area contributed by atoms with E-state index in [4.69, 9.17) is 4.74 Å². The van der Waals surface area contributed by atoms with Crippen molar-refractivity contribution in [1.82, 2.24) is 31.5 Å². The van der Waals surface area contributed by atoms with Crippen molar-refractivity contribution >= 4 is 70.7 Å². The molecule has 2 saturated heterocycles. The number of benzene rings is 1. The third-order valence-electron chi connectivity index (χ3n) is 10.9. The molecular formula is C44H66N6O9S2. The molecule has 4 rings (SSSR count). The molecule has 1 spiro atoms. The van der Waals surface area contributed by atoms with Crippen molar-refractivity contribution in [3.05, 3.63) is 35.9 Å². The maximum Gasteiger partial charge on any atom is 0.333 e. The maximum absolute atomic E-state index is 14.9. The van der Waals surface area contributed by atoms with E-state index in [-0.39, 0.29) is 36.6 Å². The Kier molecular flexibility index (Phi) is 18.5. The molecule has 61 heavy (non-hydrogen) atoms. The second kappa shape index (κ2) is 22.8. The highest BCUT2D eigenvalue weighted by Gasteiger charge is 2.52. The van der Waals surface area contributed by atoms with Gasteiger partial charge in [-0.25, -0.2) is 4.79 Å². The summed E-state index contributed by atoms with van der Waals surface area (Å²) in [6.07, 6.45) is 6.48. The molecule has 2 heterocycles. The Balaban J connectivity index is 1.51. The van der Waals surface area contributed by atoms with Crippen molar-refractivity contribution < 1.29 is 43.1 Å². The van der Waals surface area contributed by atoms with Crippen LogP contribution in [0.4, 0.5) is 0 Å². The van der Waals surface area contributed by atoms with Crippen LogP contribution in [0.15, 0.2) is 30.3 Å². The highest BCUT2D eigenvalue weighted by molar-refractivity contribution is 8.18. The number of carbonyl (C=O) groups is 8. The minimum absolute atomic E-state index is 0.0903. The zero-order valence-corrected chi connectivity index (χ0v) is 38.4. The van der Waals surface area contributed by atoms with E-state index in [1.165, 1.54) is 6.92 Å². The molecule has 1 saturated carbocycles. The maximum atomic E-state index is 14.9. The van der Waals surface area contributed by atoms with Gasteiger partial charge in [-0.1, -0.05) is 76.8 Å². The molecule has 1 aromatic rings. The highest BCUT2D eigenvalue weighted by Crippen LogP contribution is 2.50. The lowest BCUT2D eigenvalue weighted by Crippen LogP contribution is -2.60. The number of likely N-dealkylation sites (tertiary alicyclic amines) is 1. The van der Waals surface area contributed by atoms with E-state index in [0.29, 0.717) is 24.8 Å². The Bertz CT molecular complexity index is 1730. The van der Waals surface area contributed by atoms with Gasteiger partial charge in [-0.15, -0.1) is 23.5 Å². The second-order valence-electron chi connectivity index (χ2n) is 17.8. The van der Waals surface area contributed by atoms with Gasteiger partial charge in [0.05, 0.1) is 16.7 Å². The molecule has 3 fully saturated rings. The van der Waals surface area contributed by atoms with Gasteiger partial charge in [0.25, 0.3) is 5.91 Å². The molecule has 2 aliphatic heterocycles. The minimum atomic E-state index is -1.25. The van der Waals surface area contributed by atoms with Crippen LogP contribution in [0.1, 0.15) is 124 Å². The van der Waals surface area contributed by atoms with Crippen molar-refractivity contribution in [2.75, 3.05) is 24.6 Å². The predicted molar refractivity (Wildman–Crippen MR) is 236 cm³/mol. The first-order valence-electron chi connectivity index (χ1n) is 21.7. The average molecular weight is 887 g/mol. The Morgan fingerprint density at radius 3 is 2.11 bits per heavy atom. The molecule has 17 heteroatoms. The summed E-state index contributed by atoms with van der Waals surface area (Å²) in [5.41, 5.74) is -0.360. The SMILES string of the molecule is CCCC(NC(=O)C1CC2(CN1C(=O)C(NC(=O)C(CC(C)C)NC(C)=O)C1CCCCC1)SCCCS2)C(=O)C(=O)NCC(=O)NC(C(=O)OC(C)(C)C)c1ccccc1. The zero-order chi connectivity index (χ0) is 44.9. The van der Waals surface area contributed by atoms with Crippen molar-refractivity contribution in [2.45, 2.75) is 153 Å². The topological polar surface area (TPSA) is 209 Å². The quantitative estimate of drug-likeness (QED) is 0.105. The fourth-order valence-corrected chi connectivity index (χ4v) is 11.4. The van der Waals surface area contributed by atoms with Crippen molar-refractivity contribution in [3.63, 3.8) is 0 Å². The van der Waals surface area contributed by atoms with Crippen LogP contribution in [0.2, 0.25) is 0 Å². The molecule has 0 radical (unpaired) electrons. The first-order valence-corrected chi connectivity index (χ1v) is 23.7. The van der Waals surface area contributed by atoms with Crippen LogP contribution >= 0.6 is 23.5 Å². The number of ketones is 1. The number of hydrogen-bond donors (Lipinski definition) is 5. The van der Waals surface area contributed by atoms with Gasteiger partial charge in [0.15, 0.2) is 6.04 Å². The fourth-order valence-electron chi connectivity index (χ4n) is 8.09. The van der Waals surface area contributed by atoms with Crippen molar-refractivity contribution in [2.24, 2.45) is 11.8 Å². The van der Waals surface area contributed by atoms with Gasteiger partial charge in [-0.3, -0.25) is 33.6 Å². The fraction of sp³-hybridized carbons (Fsp3) is 0.682. The lowest BCUT2D eigenvalue weighted by Gasteiger charge is -2.36. The molecule has 338 valence electrons. The number of nitrogens with zero attached hydrogens (tertiary/aromatic N) is 1. The van der Waals surface area contributed by atoms with Gasteiger partial charge in [0.1, 0.15) is 23.7 Å². The zero-order valence-electron chi connectivity index (χ0n) is 36.8. The Morgan fingerprint density at radius 2 is 1.52 bits per heavy atom. The van der Waals surface area contributed by atoms with Crippen LogP contribution in [0.25, 0.3) is 0 Å². The summed E-state index contributed by atoms with van der Waals surface area (Å²) >= 11 is 3.42. The molecule has 6 amide bonds. The predicted octanol–water partition coefficient (Wildman–Crippen LogP) is 3.94. The van der Waals surface area contributed by atoms with Gasteiger partial charge >= 0.3 is 5.97 Å². The van der Waals surface area contributed by atoms with Gasteiger partial charge in [-0.05, 0) is 81.8 Å². The van der Waals surface area contributed by atoms with E-state index < -0.39 is 81.8 Å². The molecule has 5 N–H and O–H groups in total. The lowest BCUT2D eigenvalue weighted by atomic mass is 9.83. The van der Waals surface area contributed by atoms with Crippen LogP contribution in [0.5, 0.6) is 0 Å². The van der Waals surface area contributed by atoms with Gasteiger partial charge < -0.3 is 36.2 Å². The van der Waals surface area contributed by atoms with Gasteiger partial charge in [-0.2, -0.15) is 0 Å². The summed E-state index contributed by atoms with van der Waals surface area (Å²) in [6, 6.07) is 3.33. The van der Waals surface area contributed by atoms with Crippen LogP contribution < -0.4 is 26.6 Å². The molecule has 5 atom stereocenters. The summed E-state index contributed by atoms with van der Waals surface area (Å²) in [5, 5.41) is 13.5. The van der Waals surface area contributed by atoms with E-state index >= 15 is 0 Å². The molecule has 3 aliphatic rings. The number of hydrogen-bond acceptors (Lipinski definition) is 11.